The number of piperidine rings is 1. The summed E-state index contributed by atoms with van der Waals surface area (Å²) in [5.41, 5.74) is 3.55. The van der Waals surface area contributed by atoms with Gasteiger partial charge in [0.2, 0.25) is 0 Å². The summed E-state index contributed by atoms with van der Waals surface area (Å²) in [6.45, 7) is 1.82. The Morgan fingerprint density at radius 2 is 2.00 bits per heavy atom. The quantitative estimate of drug-likeness (QED) is 0.676. The van der Waals surface area contributed by atoms with Crippen LogP contribution in [0, 0.1) is 0 Å². The van der Waals surface area contributed by atoms with Crippen molar-refractivity contribution in [3.05, 3.63) is 78.1 Å². The summed E-state index contributed by atoms with van der Waals surface area (Å²) in [5, 5.41) is 7.44. The van der Waals surface area contributed by atoms with Crippen molar-refractivity contribution in [2.45, 2.75) is 31.5 Å². The first-order chi connectivity index (χ1) is 13.3. The molecule has 1 aliphatic rings. The van der Waals surface area contributed by atoms with Gasteiger partial charge >= 0.3 is 0 Å². The average molecular weight is 362 g/mol. The summed E-state index contributed by atoms with van der Waals surface area (Å²) in [5.74, 6) is 1.78. The fraction of sp³-hybridized carbons (Fsp3) is 0.304. The Morgan fingerprint density at radius 3 is 2.78 bits per heavy atom. The minimum atomic E-state index is 0.333. The van der Waals surface area contributed by atoms with E-state index in [9.17, 15) is 0 Å². The van der Waals surface area contributed by atoms with Crippen LogP contribution in [0.2, 0.25) is 0 Å². The molecule has 1 aliphatic heterocycles. The Labute approximate surface area is 160 Å². The molecule has 27 heavy (non-hydrogen) atoms. The van der Waals surface area contributed by atoms with Crippen LogP contribution in [-0.4, -0.2) is 19.7 Å². The zero-order chi connectivity index (χ0) is 18.5. The number of methoxy groups -OCH3 is 1. The van der Waals surface area contributed by atoms with Gasteiger partial charge < -0.3 is 19.8 Å². The molecule has 2 aromatic carbocycles. The van der Waals surface area contributed by atoms with Crippen LogP contribution in [0.4, 0.5) is 0 Å². The molecule has 3 aromatic rings. The fourth-order valence-corrected chi connectivity index (χ4v) is 3.87. The molecular weight excluding hydrogens is 336 g/mol. The smallest absolute Gasteiger partial charge is 0.133 e. The molecule has 1 aromatic heterocycles. The average Bonchev–Trinajstić information content (AvgIpc) is 3.28. The van der Waals surface area contributed by atoms with E-state index in [0.717, 1.165) is 42.1 Å². The van der Waals surface area contributed by atoms with E-state index in [1.807, 2.05) is 24.3 Å². The third kappa shape index (κ3) is 4.07. The van der Waals surface area contributed by atoms with Crippen LogP contribution in [-0.2, 0) is 6.54 Å². The highest BCUT2D eigenvalue weighted by Gasteiger charge is 2.25. The van der Waals surface area contributed by atoms with Gasteiger partial charge in [-0.3, -0.25) is 0 Å². The standard InChI is InChI=1S/C23H26N2O2/c1-26-21-12-11-18(22-10-6-14-27-22)15-19(21)16-25-20-9-5-13-24-23(20)17-7-3-2-4-8-17/h2-4,6-8,10-12,14-15,20,23-25H,5,9,13,16H2,1H3. The third-order valence-electron chi connectivity index (χ3n) is 5.26. The van der Waals surface area contributed by atoms with Gasteiger partial charge in [0.1, 0.15) is 11.5 Å². The van der Waals surface area contributed by atoms with Gasteiger partial charge in [-0.1, -0.05) is 30.3 Å². The Bertz CT molecular complexity index is 846. The van der Waals surface area contributed by atoms with Crippen molar-refractivity contribution in [3.63, 3.8) is 0 Å². The maximum absolute atomic E-state index is 5.58. The summed E-state index contributed by atoms with van der Waals surface area (Å²) in [6.07, 6.45) is 4.05. The van der Waals surface area contributed by atoms with Crippen molar-refractivity contribution in [1.82, 2.24) is 10.6 Å². The lowest BCUT2D eigenvalue weighted by molar-refractivity contribution is 0.303. The number of hydrogen-bond donors (Lipinski definition) is 2. The molecule has 0 spiro atoms. The summed E-state index contributed by atoms with van der Waals surface area (Å²) in [6, 6.07) is 21.5. The van der Waals surface area contributed by atoms with Crippen molar-refractivity contribution in [3.8, 4) is 17.1 Å². The van der Waals surface area contributed by atoms with E-state index in [1.54, 1.807) is 13.4 Å². The molecule has 2 unspecified atom stereocenters. The molecule has 2 atom stereocenters. The first-order valence-electron chi connectivity index (χ1n) is 9.57. The lowest BCUT2D eigenvalue weighted by Crippen LogP contribution is -2.45. The van der Waals surface area contributed by atoms with Crippen molar-refractivity contribution in [2.24, 2.45) is 0 Å². The monoisotopic (exact) mass is 362 g/mol. The maximum atomic E-state index is 5.58. The van der Waals surface area contributed by atoms with Crippen molar-refractivity contribution < 1.29 is 9.15 Å². The summed E-state index contributed by atoms with van der Waals surface area (Å²) in [7, 11) is 1.72. The third-order valence-corrected chi connectivity index (χ3v) is 5.26. The normalized spacial score (nSPS) is 19.7. The van der Waals surface area contributed by atoms with E-state index in [2.05, 4.69) is 47.0 Å². The second kappa shape index (κ2) is 8.42. The minimum absolute atomic E-state index is 0.333. The molecule has 4 rings (SSSR count). The zero-order valence-electron chi connectivity index (χ0n) is 15.7. The lowest BCUT2D eigenvalue weighted by atomic mass is 9.92. The predicted octanol–water partition coefficient (Wildman–Crippen LogP) is 4.54. The van der Waals surface area contributed by atoms with Crippen LogP contribution >= 0.6 is 0 Å². The van der Waals surface area contributed by atoms with Crippen molar-refractivity contribution in [2.75, 3.05) is 13.7 Å². The molecule has 0 radical (unpaired) electrons. The molecule has 2 heterocycles. The van der Waals surface area contributed by atoms with Gasteiger partial charge in [0, 0.05) is 29.8 Å². The van der Waals surface area contributed by atoms with E-state index in [1.165, 1.54) is 12.0 Å². The van der Waals surface area contributed by atoms with Crippen LogP contribution < -0.4 is 15.4 Å². The van der Waals surface area contributed by atoms with Crippen LogP contribution in [0.5, 0.6) is 5.75 Å². The lowest BCUT2D eigenvalue weighted by Gasteiger charge is -2.34. The van der Waals surface area contributed by atoms with Crippen molar-refractivity contribution in [1.29, 1.82) is 0 Å². The van der Waals surface area contributed by atoms with Crippen LogP contribution in [0.1, 0.15) is 30.0 Å². The minimum Gasteiger partial charge on any atom is -0.496 e. The van der Waals surface area contributed by atoms with Gasteiger partial charge in [0.25, 0.3) is 0 Å². The van der Waals surface area contributed by atoms with E-state index < -0.39 is 0 Å². The van der Waals surface area contributed by atoms with Gasteiger partial charge in [-0.05, 0) is 55.3 Å². The van der Waals surface area contributed by atoms with Gasteiger partial charge in [-0.15, -0.1) is 0 Å². The molecule has 4 heteroatoms. The van der Waals surface area contributed by atoms with E-state index >= 15 is 0 Å². The van der Waals surface area contributed by atoms with Crippen LogP contribution in [0.15, 0.2) is 71.3 Å². The Balaban J connectivity index is 1.52. The molecule has 0 saturated carbocycles. The van der Waals surface area contributed by atoms with Crippen LogP contribution in [0.25, 0.3) is 11.3 Å². The molecule has 1 fully saturated rings. The Morgan fingerprint density at radius 1 is 1.11 bits per heavy atom. The largest absolute Gasteiger partial charge is 0.496 e. The number of furan rings is 1. The van der Waals surface area contributed by atoms with Gasteiger partial charge in [0.05, 0.1) is 13.4 Å². The topological polar surface area (TPSA) is 46.4 Å². The highest BCUT2D eigenvalue weighted by molar-refractivity contribution is 5.60. The van der Waals surface area contributed by atoms with Crippen molar-refractivity contribution >= 4 is 0 Å². The van der Waals surface area contributed by atoms with Crippen LogP contribution in [0.3, 0.4) is 0 Å². The second-order valence-corrected chi connectivity index (χ2v) is 6.98. The summed E-state index contributed by atoms with van der Waals surface area (Å²) < 4.78 is 11.1. The first-order valence-corrected chi connectivity index (χ1v) is 9.57. The molecular formula is C23H26N2O2. The molecule has 1 saturated heterocycles. The Kier molecular flexibility index (Phi) is 5.56. The zero-order valence-corrected chi connectivity index (χ0v) is 15.7. The van der Waals surface area contributed by atoms with Gasteiger partial charge in [0.15, 0.2) is 0 Å². The molecule has 0 amide bonds. The fourth-order valence-electron chi connectivity index (χ4n) is 3.87. The predicted molar refractivity (Wildman–Crippen MR) is 108 cm³/mol. The van der Waals surface area contributed by atoms with Gasteiger partial charge in [-0.25, -0.2) is 0 Å². The number of hydrogen-bond acceptors (Lipinski definition) is 4. The number of ether oxygens (including phenoxy) is 1. The summed E-state index contributed by atoms with van der Waals surface area (Å²) in [4.78, 5) is 0. The summed E-state index contributed by atoms with van der Waals surface area (Å²) >= 11 is 0. The first kappa shape index (κ1) is 17.8. The molecule has 0 aliphatic carbocycles. The van der Waals surface area contributed by atoms with Gasteiger partial charge in [-0.2, -0.15) is 0 Å². The second-order valence-electron chi connectivity index (χ2n) is 6.98. The van der Waals surface area contributed by atoms with E-state index in [0.29, 0.717) is 12.1 Å². The highest BCUT2D eigenvalue weighted by Crippen LogP contribution is 2.28. The molecule has 140 valence electrons. The molecule has 4 nitrogen and oxygen atoms in total. The van der Waals surface area contributed by atoms with E-state index in [4.69, 9.17) is 9.15 Å². The van der Waals surface area contributed by atoms with E-state index in [-0.39, 0.29) is 0 Å². The number of benzene rings is 2. The maximum Gasteiger partial charge on any atom is 0.133 e. The SMILES string of the molecule is COc1ccc(-c2ccco2)cc1CNC1CCCNC1c1ccccc1. The number of rotatable bonds is 6. The molecule has 0 bridgehead atoms. The number of nitrogens with one attached hydrogen (secondary N) is 2. The highest BCUT2D eigenvalue weighted by atomic mass is 16.5. The Hall–Kier alpha value is -2.56. The molecule has 2 N–H and O–H groups in total.